The van der Waals surface area contributed by atoms with E-state index in [1.807, 2.05) is 0 Å². The Morgan fingerprint density at radius 2 is 1.36 bits per heavy atom. The number of carbonyl (C=O) groups is 1. The van der Waals surface area contributed by atoms with Crippen LogP contribution in [-0.2, 0) is 0 Å². The molecule has 2 aromatic rings. The van der Waals surface area contributed by atoms with Crippen LogP contribution in [0, 0.1) is 10.8 Å². The molecule has 1 aliphatic heterocycles. The van der Waals surface area contributed by atoms with Crippen molar-refractivity contribution < 1.29 is 13.6 Å². The van der Waals surface area contributed by atoms with Crippen LogP contribution in [-0.4, -0.2) is 6.29 Å². The summed E-state index contributed by atoms with van der Waals surface area (Å²) in [5, 5.41) is 0.577. The Kier molecular flexibility index (Phi) is 2.50. The summed E-state index contributed by atoms with van der Waals surface area (Å²) in [7, 11) is 0. The molecule has 0 saturated heterocycles. The van der Waals surface area contributed by atoms with E-state index in [1.165, 1.54) is 12.1 Å². The molecule has 4 rings (SSSR count). The first kappa shape index (κ1) is 12.5. The minimum atomic E-state index is -0.410. The van der Waals surface area contributed by atoms with E-state index in [9.17, 15) is 14.4 Å². The van der Waals surface area contributed by atoms with Gasteiger partial charge in [0.25, 0.3) is 0 Å². The van der Waals surface area contributed by atoms with Gasteiger partial charge in [-0.3, -0.25) is 14.4 Å². The molecule has 0 radical (unpaired) electrons. The lowest BCUT2D eigenvalue weighted by molar-refractivity contribution is 0.112. The Morgan fingerprint density at radius 3 is 1.95 bits per heavy atom. The van der Waals surface area contributed by atoms with Gasteiger partial charge in [0.05, 0.1) is 0 Å². The van der Waals surface area contributed by atoms with E-state index in [-0.39, 0.29) is 21.8 Å². The van der Waals surface area contributed by atoms with Gasteiger partial charge in [-0.1, -0.05) is 24.3 Å². The predicted molar refractivity (Wildman–Crippen MR) is 79.2 cm³/mol. The summed E-state index contributed by atoms with van der Waals surface area (Å²) in [6, 6.07) is 11.0. The van der Waals surface area contributed by atoms with Gasteiger partial charge in [0.2, 0.25) is 21.7 Å². The summed E-state index contributed by atoms with van der Waals surface area (Å²) in [6.07, 6.45) is 0.663. The van der Waals surface area contributed by atoms with E-state index in [1.54, 1.807) is 30.3 Å². The van der Waals surface area contributed by atoms with Crippen LogP contribution in [0.15, 0.2) is 60.9 Å². The van der Waals surface area contributed by atoms with Gasteiger partial charge in [0.15, 0.2) is 11.2 Å². The molecule has 0 bridgehead atoms. The van der Waals surface area contributed by atoms with Crippen molar-refractivity contribution in [3.8, 4) is 0 Å². The van der Waals surface area contributed by atoms with E-state index in [0.29, 0.717) is 22.8 Å². The average Bonchev–Trinajstić information content (AvgIpc) is 2.58. The Labute approximate surface area is 122 Å². The van der Waals surface area contributed by atoms with Gasteiger partial charge in [-0.15, -0.1) is 0 Å². The van der Waals surface area contributed by atoms with Gasteiger partial charge in [0.1, 0.15) is 6.29 Å². The van der Waals surface area contributed by atoms with Crippen molar-refractivity contribution in [2.45, 2.75) is 0 Å². The molecule has 1 aliphatic carbocycles. The van der Waals surface area contributed by atoms with Gasteiger partial charge in [-0.25, -0.2) is 0 Å². The predicted octanol–water partition coefficient (Wildman–Crippen LogP) is 2.44. The van der Waals surface area contributed by atoms with Crippen LogP contribution in [0.4, 0.5) is 0 Å². The van der Waals surface area contributed by atoms with Crippen molar-refractivity contribution in [2.24, 2.45) is 0 Å². The van der Waals surface area contributed by atoms with Crippen molar-refractivity contribution in [1.82, 2.24) is 0 Å². The Hall–Kier alpha value is -3.21. The van der Waals surface area contributed by atoms with Crippen LogP contribution >= 0.6 is 0 Å². The second-order valence-electron chi connectivity index (χ2n) is 4.89. The monoisotopic (exact) mass is 292 g/mol. The first-order valence-corrected chi connectivity index (χ1v) is 6.56. The fourth-order valence-electron chi connectivity index (χ4n) is 2.50. The van der Waals surface area contributed by atoms with E-state index in [0.717, 1.165) is 0 Å². The van der Waals surface area contributed by atoms with Crippen LogP contribution in [0.1, 0.15) is 10.4 Å². The molecule has 0 saturated carbocycles. The highest BCUT2D eigenvalue weighted by Gasteiger charge is 2.12. The molecule has 0 aromatic heterocycles. The third-order valence-corrected chi connectivity index (χ3v) is 3.56. The van der Waals surface area contributed by atoms with Crippen LogP contribution in [0.25, 0.3) is 21.9 Å². The van der Waals surface area contributed by atoms with E-state index in [4.69, 9.17) is 8.83 Å². The van der Waals surface area contributed by atoms with Crippen molar-refractivity contribution in [3.05, 3.63) is 79.3 Å². The zero-order valence-electron chi connectivity index (χ0n) is 11.2. The molecule has 5 nitrogen and oxygen atoms in total. The SMILES string of the molecule is O=Cc1ccc2oc3c(=O)c4ccccc4c(=O)c=3oc2c1. The van der Waals surface area contributed by atoms with Gasteiger partial charge in [-0.05, 0) is 18.2 Å². The second-order valence-corrected chi connectivity index (χ2v) is 4.89. The maximum Gasteiger partial charge on any atom is 0.233 e. The molecule has 2 aliphatic rings. The molecule has 0 unspecified atom stereocenters. The molecular weight excluding hydrogens is 284 g/mol. The minimum Gasteiger partial charge on any atom is -0.445 e. The normalized spacial score (nSPS) is 11.3. The van der Waals surface area contributed by atoms with Gasteiger partial charge >= 0.3 is 0 Å². The molecular formula is C17H8O5. The molecule has 0 spiro atoms. The molecule has 1 heterocycles. The van der Waals surface area contributed by atoms with E-state index in [2.05, 4.69) is 0 Å². The van der Waals surface area contributed by atoms with Gasteiger partial charge in [-0.2, -0.15) is 0 Å². The van der Waals surface area contributed by atoms with Crippen LogP contribution in [0.2, 0.25) is 0 Å². The molecule has 2 aromatic carbocycles. The number of carbonyl (C=O) groups excluding carboxylic acids is 1. The highest BCUT2D eigenvalue weighted by atomic mass is 16.4. The van der Waals surface area contributed by atoms with E-state index >= 15 is 0 Å². The van der Waals surface area contributed by atoms with Crippen molar-refractivity contribution in [1.29, 1.82) is 0 Å². The Morgan fingerprint density at radius 1 is 0.773 bits per heavy atom. The maximum absolute atomic E-state index is 12.5. The largest absolute Gasteiger partial charge is 0.445 e. The number of benzene rings is 2. The highest BCUT2D eigenvalue weighted by molar-refractivity contribution is 5.83. The zero-order valence-corrected chi connectivity index (χ0v) is 11.2. The highest BCUT2D eigenvalue weighted by Crippen LogP contribution is 2.16. The molecule has 106 valence electrons. The van der Waals surface area contributed by atoms with Crippen molar-refractivity contribution in [2.75, 3.05) is 0 Å². The van der Waals surface area contributed by atoms with Gasteiger partial charge < -0.3 is 8.83 Å². The lowest BCUT2D eigenvalue weighted by Gasteiger charge is -2.01. The number of rotatable bonds is 1. The first-order chi connectivity index (χ1) is 10.7. The minimum absolute atomic E-state index is 0.116. The maximum atomic E-state index is 12.5. The fraction of sp³-hybridized carbons (Fsp3) is 0. The summed E-state index contributed by atoms with van der Waals surface area (Å²) in [5.41, 5.74) is -0.132. The summed E-state index contributed by atoms with van der Waals surface area (Å²) < 4.78 is 11.1. The zero-order chi connectivity index (χ0) is 15.3. The molecule has 0 amide bonds. The summed E-state index contributed by atoms with van der Waals surface area (Å²) in [6.45, 7) is 0. The second kappa shape index (κ2) is 4.39. The number of hydrogen-bond acceptors (Lipinski definition) is 5. The summed E-state index contributed by atoms with van der Waals surface area (Å²) >= 11 is 0. The fourth-order valence-corrected chi connectivity index (χ4v) is 2.50. The topological polar surface area (TPSA) is 77.5 Å². The van der Waals surface area contributed by atoms with Crippen LogP contribution < -0.4 is 10.9 Å². The lowest BCUT2D eigenvalue weighted by atomic mass is 10.1. The molecule has 5 heteroatoms. The van der Waals surface area contributed by atoms with Crippen LogP contribution in [0.3, 0.4) is 0 Å². The van der Waals surface area contributed by atoms with Crippen LogP contribution in [0.5, 0.6) is 0 Å². The number of hydrogen-bond donors (Lipinski definition) is 0. The third-order valence-electron chi connectivity index (χ3n) is 3.56. The standard InChI is InChI=1S/C17H8O5/c18-8-9-5-6-12-13(7-9)22-17-15(20)11-4-2-1-3-10(11)14(19)16(17)21-12/h1-8H. The lowest BCUT2D eigenvalue weighted by Crippen LogP contribution is -2.14. The molecule has 0 atom stereocenters. The smallest absolute Gasteiger partial charge is 0.233 e. The summed E-state index contributed by atoms with van der Waals surface area (Å²) in [4.78, 5) is 35.8. The Balaban J connectivity index is 2.34. The van der Waals surface area contributed by atoms with Crippen molar-refractivity contribution >= 4 is 28.2 Å². The van der Waals surface area contributed by atoms with Gasteiger partial charge in [0, 0.05) is 16.3 Å². The number of fused-ring (bicyclic) bond motifs is 2. The first-order valence-electron chi connectivity index (χ1n) is 6.56. The molecule has 22 heavy (non-hydrogen) atoms. The van der Waals surface area contributed by atoms with Crippen molar-refractivity contribution in [3.63, 3.8) is 0 Å². The third kappa shape index (κ3) is 1.62. The quantitative estimate of drug-likeness (QED) is 0.503. The molecule has 0 fully saturated rings. The Bertz CT molecular complexity index is 1230. The van der Waals surface area contributed by atoms with E-state index < -0.39 is 10.9 Å². The number of aldehydes is 1. The molecule has 0 N–H and O–H groups in total. The summed E-state index contributed by atoms with van der Waals surface area (Å²) in [5.74, 6) is 0. The average molecular weight is 292 g/mol.